The van der Waals surface area contributed by atoms with Crippen molar-refractivity contribution in [3.8, 4) is 5.75 Å². The lowest BCUT2D eigenvalue weighted by Crippen LogP contribution is -2.16. The summed E-state index contributed by atoms with van der Waals surface area (Å²) in [6.07, 6.45) is -4.65. The number of hydrogen-bond acceptors (Lipinski definition) is 5. The highest BCUT2D eigenvalue weighted by Crippen LogP contribution is 2.30. The normalized spacial score (nSPS) is 11.7. The molecule has 1 aromatic carbocycles. The molecule has 2 heterocycles. The van der Waals surface area contributed by atoms with Crippen molar-refractivity contribution in [1.82, 2.24) is 14.8 Å². The first-order valence-corrected chi connectivity index (χ1v) is 6.73. The summed E-state index contributed by atoms with van der Waals surface area (Å²) in [5.41, 5.74) is 4.41. The van der Waals surface area contributed by atoms with Crippen LogP contribution in [-0.2, 0) is 6.18 Å². The molecule has 0 aliphatic heterocycles. The number of ether oxygens (including phenoxy) is 1. The molecule has 24 heavy (non-hydrogen) atoms. The zero-order valence-electron chi connectivity index (χ0n) is 12.3. The number of para-hydroxylation sites is 1. The highest BCUT2D eigenvalue weighted by Gasteiger charge is 2.33. The van der Waals surface area contributed by atoms with Gasteiger partial charge in [-0.05, 0) is 24.3 Å². The van der Waals surface area contributed by atoms with E-state index in [2.05, 4.69) is 10.1 Å². The molecule has 0 radical (unpaired) electrons. The molecule has 0 atom stereocenters. The number of nitrogens with zero attached hydrogens (tertiary/aromatic N) is 3. The second-order valence-corrected chi connectivity index (χ2v) is 4.87. The highest BCUT2D eigenvalue weighted by molar-refractivity contribution is 6.03. The lowest BCUT2D eigenvalue weighted by molar-refractivity contribution is -0.141. The minimum atomic E-state index is -4.65. The molecule has 9 heteroatoms. The van der Waals surface area contributed by atoms with Crippen LogP contribution in [0.4, 0.5) is 19.0 Å². The van der Waals surface area contributed by atoms with Gasteiger partial charge in [0.2, 0.25) is 0 Å². The lowest BCUT2D eigenvalue weighted by Gasteiger charge is -2.08. The number of carbonyl (C=O) groups excluding carboxylic acids is 1. The third-order valence-corrected chi connectivity index (χ3v) is 3.38. The van der Waals surface area contributed by atoms with Crippen LogP contribution in [0.15, 0.2) is 36.4 Å². The fourth-order valence-corrected chi connectivity index (χ4v) is 2.25. The second-order valence-electron chi connectivity index (χ2n) is 4.87. The molecule has 0 aliphatic carbocycles. The van der Waals surface area contributed by atoms with E-state index < -0.39 is 17.8 Å². The molecule has 0 saturated heterocycles. The Bertz CT molecular complexity index is 934. The average molecular weight is 336 g/mol. The summed E-state index contributed by atoms with van der Waals surface area (Å²) >= 11 is 0. The number of halogens is 3. The van der Waals surface area contributed by atoms with E-state index in [0.29, 0.717) is 0 Å². The maximum absolute atomic E-state index is 12.9. The Morgan fingerprint density at radius 3 is 2.58 bits per heavy atom. The van der Waals surface area contributed by atoms with Crippen LogP contribution < -0.4 is 10.5 Å². The summed E-state index contributed by atoms with van der Waals surface area (Å²) in [5.74, 6) is -0.521. The highest BCUT2D eigenvalue weighted by atomic mass is 19.4. The Morgan fingerprint density at radius 1 is 1.21 bits per heavy atom. The van der Waals surface area contributed by atoms with Gasteiger partial charge in [-0.2, -0.15) is 17.9 Å². The SMILES string of the molecule is COc1ccccc1C(=O)n1nc(N)c2ccc(C(F)(F)F)nc21. The average Bonchev–Trinajstić information content (AvgIpc) is 2.90. The summed E-state index contributed by atoms with van der Waals surface area (Å²) in [7, 11) is 1.38. The van der Waals surface area contributed by atoms with Crippen molar-refractivity contribution in [3.05, 3.63) is 47.7 Å². The topological polar surface area (TPSA) is 83.0 Å². The minimum absolute atomic E-state index is 0.0885. The Balaban J connectivity index is 2.20. The molecule has 3 aromatic rings. The number of hydrogen-bond donors (Lipinski definition) is 1. The largest absolute Gasteiger partial charge is 0.496 e. The van der Waals surface area contributed by atoms with Crippen LogP contribution in [0, 0.1) is 0 Å². The van der Waals surface area contributed by atoms with Gasteiger partial charge < -0.3 is 10.5 Å². The maximum atomic E-state index is 12.9. The molecule has 0 amide bonds. The van der Waals surface area contributed by atoms with Crippen molar-refractivity contribution in [2.45, 2.75) is 6.18 Å². The van der Waals surface area contributed by atoms with Gasteiger partial charge in [0.05, 0.1) is 18.1 Å². The van der Waals surface area contributed by atoms with Gasteiger partial charge in [0.1, 0.15) is 11.4 Å². The molecule has 0 saturated carbocycles. The van der Waals surface area contributed by atoms with Crippen LogP contribution in [0.2, 0.25) is 0 Å². The van der Waals surface area contributed by atoms with E-state index in [1.807, 2.05) is 0 Å². The van der Waals surface area contributed by atoms with Crippen LogP contribution in [0.1, 0.15) is 16.1 Å². The second kappa shape index (κ2) is 5.52. The number of methoxy groups -OCH3 is 1. The monoisotopic (exact) mass is 336 g/mol. The minimum Gasteiger partial charge on any atom is -0.496 e. The third kappa shape index (κ3) is 2.53. The fraction of sp³-hybridized carbons (Fsp3) is 0.133. The summed E-state index contributed by atoms with van der Waals surface area (Å²) in [5, 5.41) is 3.98. The standard InChI is InChI=1S/C15H11F3N4O2/c1-24-10-5-3-2-4-8(10)14(23)22-13-9(12(19)21-22)6-7-11(20-13)15(16,17)18/h2-7H,1H3,(H2,19,21). The van der Waals surface area contributed by atoms with Gasteiger partial charge >= 0.3 is 6.18 Å². The zero-order chi connectivity index (χ0) is 17.5. The van der Waals surface area contributed by atoms with E-state index >= 15 is 0 Å². The van der Waals surface area contributed by atoms with Gasteiger partial charge in [0, 0.05) is 0 Å². The number of nitrogens with two attached hydrogens (primary N) is 1. The number of fused-ring (bicyclic) bond motifs is 1. The van der Waals surface area contributed by atoms with Gasteiger partial charge in [-0.3, -0.25) is 4.79 Å². The van der Waals surface area contributed by atoms with Gasteiger partial charge in [-0.25, -0.2) is 4.98 Å². The maximum Gasteiger partial charge on any atom is 0.433 e. The Morgan fingerprint density at radius 2 is 1.92 bits per heavy atom. The summed E-state index contributed by atoms with van der Waals surface area (Å²) in [6, 6.07) is 8.21. The first-order valence-electron chi connectivity index (χ1n) is 6.73. The molecular formula is C15H11F3N4O2. The molecule has 3 rings (SSSR count). The van der Waals surface area contributed by atoms with E-state index in [1.165, 1.54) is 13.2 Å². The van der Waals surface area contributed by atoms with Gasteiger partial charge in [0.25, 0.3) is 5.91 Å². The first-order chi connectivity index (χ1) is 11.3. The Kier molecular flexibility index (Phi) is 3.63. The van der Waals surface area contributed by atoms with Crippen molar-refractivity contribution >= 4 is 22.8 Å². The van der Waals surface area contributed by atoms with Crippen LogP contribution in [0.25, 0.3) is 11.0 Å². The number of aromatic nitrogens is 3. The molecule has 0 unspecified atom stereocenters. The van der Waals surface area contributed by atoms with Gasteiger partial charge in [-0.1, -0.05) is 12.1 Å². The summed E-state index contributed by atoms with van der Waals surface area (Å²) in [6.45, 7) is 0. The molecule has 2 N–H and O–H groups in total. The van der Waals surface area contributed by atoms with Crippen LogP contribution in [0.5, 0.6) is 5.75 Å². The van der Waals surface area contributed by atoms with E-state index in [1.54, 1.807) is 18.2 Å². The fourth-order valence-electron chi connectivity index (χ4n) is 2.25. The van der Waals surface area contributed by atoms with Crippen molar-refractivity contribution < 1.29 is 22.7 Å². The van der Waals surface area contributed by atoms with E-state index in [9.17, 15) is 18.0 Å². The predicted molar refractivity (Wildman–Crippen MR) is 79.7 cm³/mol. The number of pyridine rings is 1. The number of anilines is 1. The third-order valence-electron chi connectivity index (χ3n) is 3.38. The number of alkyl halides is 3. The zero-order valence-corrected chi connectivity index (χ0v) is 12.3. The smallest absolute Gasteiger partial charge is 0.433 e. The quantitative estimate of drug-likeness (QED) is 0.778. The number of rotatable bonds is 2. The molecule has 2 aromatic heterocycles. The van der Waals surface area contributed by atoms with Crippen molar-refractivity contribution in [2.75, 3.05) is 12.8 Å². The Hall–Kier alpha value is -3.10. The summed E-state index contributed by atoms with van der Waals surface area (Å²) < 4.78 is 44.4. The van der Waals surface area contributed by atoms with Gasteiger partial charge in [0.15, 0.2) is 11.5 Å². The number of nitrogen functional groups attached to an aromatic ring is 1. The summed E-state index contributed by atoms with van der Waals surface area (Å²) in [4.78, 5) is 16.2. The lowest BCUT2D eigenvalue weighted by atomic mass is 10.2. The van der Waals surface area contributed by atoms with Gasteiger partial charge in [-0.15, -0.1) is 5.10 Å². The number of benzene rings is 1. The van der Waals surface area contributed by atoms with E-state index in [-0.39, 0.29) is 28.2 Å². The number of carbonyl (C=O) groups is 1. The van der Waals surface area contributed by atoms with Crippen molar-refractivity contribution in [3.63, 3.8) is 0 Å². The molecule has 0 fully saturated rings. The molecular weight excluding hydrogens is 325 g/mol. The van der Waals surface area contributed by atoms with Crippen LogP contribution in [0.3, 0.4) is 0 Å². The molecule has 0 aliphatic rings. The van der Waals surface area contributed by atoms with E-state index in [4.69, 9.17) is 10.5 Å². The Labute approximate surface area is 133 Å². The predicted octanol–water partition coefficient (Wildman–Crippen LogP) is 2.73. The molecule has 6 nitrogen and oxygen atoms in total. The first kappa shape index (κ1) is 15.8. The van der Waals surface area contributed by atoms with Crippen molar-refractivity contribution in [2.24, 2.45) is 0 Å². The molecule has 124 valence electrons. The molecule has 0 spiro atoms. The molecule has 0 bridgehead atoms. The van der Waals surface area contributed by atoms with Crippen LogP contribution in [-0.4, -0.2) is 27.8 Å². The van der Waals surface area contributed by atoms with Crippen LogP contribution >= 0.6 is 0 Å². The van der Waals surface area contributed by atoms with E-state index in [0.717, 1.165) is 16.8 Å². The van der Waals surface area contributed by atoms with Crippen molar-refractivity contribution in [1.29, 1.82) is 0 Å².